The number of aliphatic hydroxyl groups is 1. The van der Waals surface area contributed by atoms with E-state index in [1.165, 1.54) is 32.2 Å². The third-order valence-corrected chi connectivity index (χ3v) is 8.20. The molecular weight excluding hydrogens is 592 g/mol. The molecule has 2 amide bonds. The van der Waals surface area contributed by atoms with E-state index in [4.69, 9.17) is 18.9 Å². The van der Waals surface area contributed by atoms with E-state index in [0.29, 0.717) is 5.56 Å². The highest BCUT2D eigenvalue weighted by atomic mass is 16.6. The summed E-state index contributed by atoms with van der Waals surface area (Å²) in [6.07, 6.45) is -1.71. The molecule has 0 saturated heterocycles. The molecule has 45 heavy (non-hydrogen) atoms. The van der Waals surface area contributed by atoms with Crippen LogP contribution in [0.5, 0.6) is 5.75 Å². The maximum atomic E-state index is 14.8. The van der Waals surface area contributed by atoms with Crippen molar-refractivity contribution < 1.29 is 57.6 Å². The lowest BCUT2D eigenvalue weighted by Gasteiger charge is -2.55. The van der Waals surface area contributed by atoms with Gasteiger partial charge in [0.15, 0.2) is 11.5 Å². The average Bonchev–Trinajstić information content (AvgIpc) is 2.92. The highest BCUT2D eigenvalue weighted by molar-refractivity contribution is 6.28. The van der Waals surface area contributed by atoms with Crippen LogP contribution in [-0.4, -0.2) is 90.2 Å². The second-order valence-corrected chi connectivity index (χ2v) is 11.3. The van der Waals surface area contributed by atoms with E-state index in [9.17, 15) is 38.7 Å². The van der Waals surface area contributed by atoms with Gasteiger partial charge in [0.1, 0.15) is 17.1 Å². The van der Waals surface area contributed by atoms with Gasteiger partial charge in [-0.25, -0.2) is 0 Å². The number of ether oxygens (including phenoxy) is 4. The predicted molar refractivity (Wildman–Crippen MR) is 152 cm³/mol. The Morgan fingerprint density at radius 3 is 2.09 bits per heavy atom. The second-order valence-electron chi connectivity index (χ2n) is 11.3. The normalized spacial score (nSPS) is 27.2. The summed E-state index contributed by atoms with van der Waals surface area (Å²) >= 11 is 0. The van der Waals surface area contributed by atoms with Gasteiger partial charge in [-0.15, -0.1) is 0 Å². The molecule has 0 fully saturated rings. The molecule has 1 aromatic rings. The molecule has 0 heterocycles. The minimum Gasteiger partial charge on any atom is -0.496 e. The Labute approximate surface area is 258 Å². The largest absolute Gasteiger partial charge is 0.496 e. The minimum absolute atomic E-state index is 0.0742. The zero-order chi connectivity index (χ0) is 33.7. The van der Waals surface area contributed by atoms with E-state index in [1.54, 1.807) is 19.1 Å². The molecule has 240 valence electrons. The third kappa shape index (κ3) is 5.23. The molecule has 0 spiro atoms. The fourth-order valence-corrected chi connectivity index (χ4v) is 6.80. The summed E-state index contributed by atoms with van der Waals surface area (Å²) in [6.45, 7) is 5.68. The lowest BCUT2D eigenvalue weighted by atomic mass is 9.55. The summed E-state index contributed by atoms with van der Waals surface area (Å²) in [5.74, 6) is -11.9. The van der Waals surface area contributed by atoms with Gasteiger partial charge in [-0.2, -0.15) is 0 Å². The molecule has 1 aromatic carbocycles. The zero-order valence-corrected chi connectivity index (χ0v) is 26.0. The monoisotopic (exact) mass is 626 g/mol. The maximum absolute atomic E-state index is 14.8. The van der Waals surface area contributed by atoms with Crippen molar-refractivity contribution in [3.63, 3.8) is 0 Å². The maximum Gasteiger partial charge on any atom is 0.307 e. The zero-order valence-electron chi connectivity index (χ0n) is 26.0. The summed E-state index contributed by atoms with van der Waals surface area (Å²) in [5.41, 5.74) is -3.51. The molecule has 0 bridgehead atoms. The lowest BCUT2D eigenvalue weighted by molar-refractivity contribution is -0.192. The molecule has 3 aliphatic carbocycles. The van der Waals surface area contributed by atoms with Crippen LogP contribution in [0, 0.1) is 11.8 Å². The van der Waals surface area contributed by atoms with E-state index >= 15 is 0 Å². The number of aliphatic hydroxyl groups excluding tert-OH is 1. The minimum atomic E-state index is -2.82. The van der Waals surface area contributed by atoms with Gasteiger partial charge in [-0.3, -0.25) is 43.8 Å². The van der Waals surface area contributed by atoms with Crippen molar-refractivity contribution in [1.82, 2.24) is 10.2 Å². The standard InChI is InChI=1S/C31H34N2O12/c1-12-17-10-9-11-18(42-8)20(17)25(38)21-19(12)26(39)23-24(33(6)7)27(43-14(3)35)22(30(41)32-13(2)34)28(40)31(23,45-16(5)37)29(21)44-15(4)36/h9-12,19,23-24,26,39H,1-8H3,(H,32,34,41)/t12-,19+,23+,24-,26-,31+/m0/s1. The number of likely N-dealkylation sites (N-methyl/N-ethyl adjacent to an activating group) is 1. The fourth-order valence-electron chi connectivity index (χ4n) is 6.80. The smallest absolute Gasteiger partial charge is 0.307 e. The Bertz CT molecular complexity index is 1600. The van der Waals surface area contributed by atoms with Crippen LogP contribution in [0.25, 0.3) is 0 Å². The lowest BCUT2D eigenvalue weighted by Crippen LogP contribution is -2.70. The van der Waals surface area contributed by atoms with Gasteiger partial charge in [0.2, 0.25) is 17.3 Å². The van der Waals surface area contributed by atoms with Crippen molar-refractivity contribution in [2.75, 3.05) is 21.2 Å². The van der Waals surface area contributed by atoms with Gasteiger partial charge in [0, 0.05) is 39.2 Å². The van der Waals surface area contributed by atoms with Crippen molar-refractivity contribution in [3.8, 4) is 5.75 Å². The van der Waals surface area contributed by atoms with Crippen molar-refractivity contribution >= 4 is 41.3 Å². The van der Waals surface area contributed by atoms with Gasteiger partial charge in [0.25, 0.3) is 5.91 Å². The summed E-state index contributed by atoms with van der Waals surface area (Å²) < 4.78 is 22.3. The highest BCUT2D eigenvalue weighted by Gasteiger charge is 2.71. The van der Waals surface area contributed by atoms with E-state index < -0.39 is 93.9 Å². The van der Waals surface area contributed by atoms with Crippen molar-refractivity contribution in [2.24, 2.45) is 11.8 Å². The molecule has 3 aliphatic rings. The second kappa shape index (κ2) is 12.0. The highest BCUT2D eigenvalue weighted by Crippen LogP contribution is 2.58. The molecule has 0 radical (unpaired) electrons. The summed E-state index contributed by atoms with van der Waals surface area (Å²) in [7, 11) is 4.31. The van der Waals surface area contributed by atoms with Crippen LogP contribution in [0.1, 0.15) is 56.5 Å². The fraction of sp³-hybridized carbons (Fsp3) is 0.452. The average molecular weight is 627 g/mol. The molecule has 0 aliphatic heterocycles. The molecule has 0 unspecified atom stereocenters. The number of nitrogens with zero attached hydrogens (tertiary/aromatic N) is 1. The number of rotatable bonds is 6. The van der Waals surface area contributed by atoms with Gasteiger partial charge < -0.3 is 24.1 Å². The first-order valence-corrected chi connectivity index (χ1v) is 14.0. The number of ketones is 2. The Morgan fingerprint density at radius 1 is 0.956 bits per heavy atom. The van der Waals surface area contributed by atoms with Crippen LogP contribution < -0.4 is 10.1 Å². The number of hydrogen-bond acceptors (Lipinski definition) is 13. The first-order valence-electron chi connectivity index (χ1n) is 14.0. The molecule has 0 aromatic heterocycles. The van der Waals surface area contributed by atoms with Gasteiger partial charge in [-0.1, -0.05) is 19.1 Å². The molecule has 0 saturated carbocycles. The van der Waals surface area contributed by atoms with E-state index in [1.807, 2.05) is 5.32 Å². The number of benzene rings is 1. The van der Waals surface area contributed by atoms with Crippen LogP contribution in [0.4, 0.5) is 0 Å². The molecule has 4 rings (SSSR count). The van der Waals surface area contributed by atoms with E-state index in [-0.39, 0.29) is 16.9 Å². The number of imide groups is 1. The molecular formula is C31H34N2O12. The van der Waals surface area contributed by atoms with E-state index in [2.05, 4.69) is 0 Å². The Balaban J connectivity index is 2.24. The van der Waals surface area contributed by atoms with Gasteiger partial charge >= 0.3 is 17.9 Å². The van der Waals surface area contributed by atoms with Crippen molar-refractivity contribution in [3.05, 3.63) is 52.0 Å². The molecule has 2 N–H and O–H groups in total. The first-order chi connectivity index (χ1) is 21.0. The number of amides is 2. The van der Waals surface area contributed by atoms with Gasteiger partial charge in [0.05, 0.1) is 30.7 Å². The van der Waals surface area contributed by atoms with Crippen molar-refractivity contribution in [1.29, 1.82) is 0 Å². The van der Waals surface area contributed by atoms with Gasteiger partial charge in [-0.05, 0) is 31.6 Å². The summed E-state index contributed by atoms with van der Waals surface area (Å²) in [5, 5.41) is 14.2. The number of esters is 3. The quantitative estimate of drug-likeness (QED) is 0.255. The number of Topliss-reactive ketones (excluding diaryl/α,β-unsaturated/α-hetero) is 2. The predicted octanol–water partition coefficient (Wildman–Crippen LogP) is 0.714. The van der Waals surface area contributed by atoms with Crippen LogP contribution in [0.2, 0.25) is 0 Å². The number of carbonyl (C=O) groups excluding carboxylic acids is 7. The molecule has 6 atom stereocenters. The first kappa shape index (κ1) is 33.2. The van der Waals surface area contributed by atoms with Crippen LogP contribution in [-0.2, 0) is 43.0 Å². The molecule has 14 heteroatoms. The number of carbonyl (C=O) groups is 7. The van der Waals surface area contributed by atoms with Crippen LogP contribution >= 0.6 is 0 Å². The summed E-state index contributed by atoms with van der Waals surface area (Å²) in [6, 6.07) is 3.48. The molecule has 14 nitrogen and oxygen atoms in total. The van der Waals surface area contributed by atoms with Crippen LogP contribution in [0.3, 0.4) is 0 Å². The Kier molecular flexibility index (Phi) is 8.86. The number of nitrogens with one attached hydrogen (secondary N) is 1. The SMILES string of the molecule is COc1cccc2c1C(=O)C1=C(OC(C)=O)[C@]3(OC(C)=O)C(=O)C(C(=O)NC(C)=O)=C(OC(C)=O)[C@@H](N(C)C)[C@@H]3[C@@H](O)[C@@H]1[C@H]2C. The number of hydrogen-bond donors (Lipinski definition) is 2. The third-order valence-electron chi connectivity index (χ3n) is 8.20. The van der Waals surface area contributed by atoms with Crippen LogP contribution in [0.15, 0.2) is 40.9 Å². The Morgan fingerprint density at radius 2 is 1.58 bits per heavy atom. The Hall–Kier alpha value is -4.69. The topological polar surface area (TPSA) is 192 Å². The number of fused-ring (bicyclic) bond motifs is 3. The van der Waals surface area contributed by atoms with E-state index in [0.717, 1.165) is 27.7 Å². The summed E-state index contributed by atoms with van der Waals surface area (Å²) in [4.78, 5) is 93.9. The van der Waals surface area contributed by atoms with Crippen molar-refractivity contribution in [2.45, 2.75) is 58.3 Å². The number of methoxy groups -OCH3 is 1.